The van der Waals surface area contributed by atoms with Crippen molar-refractivity contribution >= 4 is 28.4 Å². The Hall–Kier alpha value is -3.45. The second kappa shape index (κ2) is 6.98. The molecule has 0 spiro atoms. The Labute approximate surface area is 143 Å². The molecule has 0 fully saturated rings. The van der Waals surface area contributed by atoms with E-state index in [9.17, 15) is 9.59 Å². The molecule has 0 aliphatic carbocycles. The summed E-state index contributed by atoms with van der Waals surface area (Å²) in [7, 11) is 1.56. The summed E-state index contributed by atoms with van der Waals surface area (Å²) in [5.41, 5.74) is 3.50. The Morgan fingerprint density at radius 1 is 1.00 bits per heavy atom. The maximum Gasteiger partial charge on any atom is 0.276 e. The van der Waals surface area contributed by atoms with Crippen LogP contribution < -0.4 is 15.5 Å². The topological polar surface area (TPSA) is 101 Å². The molecule has 2 aromatic carbocycles. The van der Waals surface area contributed by atoms with Crippen LogP contribution in [0.25, 0.3) is 10.9 Å². The SMILES string of the molecule is COc1ccc(C(=O)Nc2ccc3ncc(C(=O)NO)cc3c2)cc1. The summed E-state index contributed by atoms with van der Waals surface area (Å²) < 4.78 is 5.07. The van der Waals surface area contributed by atoms with E-state index in [0.717, 1.165) is 0 Å². The number of carbonyl (C=O) groups is 2. The minimum atomic E-state index is -0.651. The first-order valence-electron chi connectivity index (χ1n) is 7.40. The highest BCUT2D eigenvalue weighted by Gasteiger charge is 2.09. The van der Waals surface area contributed by atoms with Crippen LogP contribution in [0.1, 0.15) is 20.7 Å². The fraction of sp³-hybridized carbons (Fsp3) is 0.0556. The van der Waals surface area contributed by atoms with Gasteiger partial charge in [-0.15, -0.1) is 0 Å². The van der Waals surface area contributed by atoms with Gasteiger partial charge in [-0.05, 0) is 48.5 Å². The molecule has 0 bridgehead atoms. The van der Waals surface area contributed by atoms with Crippen LogP contribution in [0.4, 0.5) is 5.69 Å². The second-order valence-corrected chi connectivity index (χ2v) is 5.26. The van der Waals surface area contributed by atoms with E-state index in [1.807, 2.05) is 0 Å². The molecular weight excluding hydrogens is 322 g/mol. The molecule has 7 nitrogen and oxygen atoms in total. The highest BCUT2D eigenvalue weighted by Crippen LogP contribution is 2.20. The summed E-state index contributed by atoms with van der Waals surface area (Å²) in [6, 6.07) is 13.5. The third-order valence-electron chi connectivity index (χ3n) is 3.66. The molecule has 0 saturated heterocycles. The van der Waals surface area contributed by atoms with E-state index in [4.69, 9.17) is 9.94 Å². The molecule has 3 N–H and O–H groups in total. The van der Waals surface area contributed by atoms with Gasteiger partial charge in [0.05, 0.1) is 18.2 Å². The molecule has 3 aromatic rings. The Balaban J connectivity index is 1.84. The van der Waals surface area contributed by atoms with Gasteiger partial charge in [0.25, 0.3) is 11.8 Å². The number of ether oxygens (including phenoxy) is 1. The van der Waals surface area contributed by atoms with E-state index in [2.05, 4.69) is 10.3 Å². The second-order valence-electron chi connectivity index (χ2n) is 5.26. The summed E-state index contributed by atoms with van der Waals surface area (Å²) in [5.74, 6) is -0.246. The Morgan fingerprint density at radius 3 is 2.44 bits per heavy atom. The Bertz CT molecular complexity index is 939. The molecule has 7 heteroatoms. The maximum absolute atomic E-state index is 12.3. The largest absolute Gasteiger partial charge is 0.497 e. The number of nitrogens with one attached hydrogen (secondary N) is 2. The third kappa shape index (κ3) is 3.56. The molecule has 0 aliphatic heterocycles. The van der Waals surface area contributed by atoms with Crippen molar-refractivity contribution in [3.05, 3.63) is 65.9 Å². The number of rotatable bonds is 4. The van der Waals surface area contributed by atoms with E-state index in [1.165, 1.54) is 6.20 Å². The number of amides is 2. The van der Waals surface area contributed by atoms with Crippen LogP contribution in [-0.2, 0) is 0 Å². The Morgan fingerprint density at radius 2 is 1.76 bits per heavy atom. The van der Waals surface area contributed by atoms with E-state index in [1.54, 1.807) is 61.1 Å². The number of benzene rings is 2. The first kappa shape index (κ1) is 16.4. The number of carbonyl (C=O) groups excluding carboxylic acids is 2. The summed E-state index contributed by atoms with van der Waals surface area (Å²) in [6.07, 6.45) is 1.36. The van der Waals surface area contributed by atoms with Crippen LogP contribution in [0, 0.1) is 0 Å². The summed E-state index contributed by atoms with van der Waals surface area (Å²) >= 11 is 0. The first-order chi connectivity index (χ1) is 12.1. The number of hydrogen-bond acceptors (Lipinski definition) is 5. The molecule has 1 aromatic heterocycles. The van der Waals surface area contributed by atoms with Gasteiger partial charge in [0, 0.05) is 22.8 Å². The van der Waals surface area contributed by atoms with Crippen LogP contribution in [-0.4, -0.2) is 29.1 Å². The molecule has 0 aliphatic rings. The number of methoxy groups -OCH3 is 1. The number of hydrogen-bond donors (Lipinski definition) is 3. The van der Waals surface area contributed by atoms with Crippen LogP contribution in [0.2, 0.25) is 0 Å². The van der Waals surface area contributed by atoms with Crippen molar-refractivity contribution in [3.63, 3.8) is 0 Å². The average Bonchev–Trinajstić information content (AvgIpc) is 2.66. The summed E-state index contributed by atoms with van der Waals surface area (Å²) in [6.45, 7) is 0. The molecule has 2 amide bonds. The zero-order chi connectivity index (χ0) is 17.8. The number of hydroxylamine groups is 1. The highest BCUT2D eigenvalue weighted by molar-refractivity contribution is 6.05. The first-order valence-corrected chi connectivity index (χ1v) is 7.40. The van der Waals surface area contributed by atoms with Crippen molar-refractivity contribution in [2.24, 2.45) is 0 Å². The van der Waals surface area contributed by atoms with Gasteiger partial charge in [0.15, 0.2) is 0 Å². The van der Waals surface area contributed by atoms with Gasteiger partial charge >= 0.3 is 0 Å². The average molecular weight is 337 g/mol. The van der Waals surface area contributed by atoms with Crippen molar-refractivity contribution in [2.75, 3.05) is 12.4 Å². The molecule has 3 rings (SSSR count). The highest BCUT2D eigenvalue weighted by atomic mass is 16.5. The van der Waals surface area contributed by atoms with Crippen LogP contribution in [0.3, 0.4) is 0 Å². The molecule has 0 atom stereocenters. The molecule has 0 radical (unpaired) electrons. The fourth-order valence-electron chi connectivity index (χ4n) is 2.34. The minimum Gasteiger partial charge on any atom is -0.497 e. The van der Waals surface area contributed by atoms with Crippen molar-refractivity contribution in [1.29, 1.82) is 0 Å². The lowest BCUT2D eigenvalue weighted by Crippen LogP contribution is -2.18. The van der Waals surface area contributed by atoms with Gasteiger partial charge in [-0.25, -0.2) is 5.48 Å². The van der Waals surface area contributed by atoms with Crippen molar-refractivity contribution in [2.45, 2.75) is 0 Å². The summed E-state index contributed by atoms with van der Waals surface area (Å²) in [5, 5.41) is 12.2. The van der Waals surface area contributed by atoms with Crippen molar-refractivity contribution < 1.29 is 19.5 Å². The predicted molar refractivity (Wildman–Crippen MR) is 91.9 cm³/mol. The minimum absolute atomic E-state index is 0.216. The van der Waals surface area contributed by atoms with E-state index in [-0.39, 0.29) is 11.5 Å². The molecule has 1 heterocycles. The van der Waals surface area contributed by atoms with Gasteiger partial charge in [-0.3, -0.25) is 19.8 Å². The predicted octanol–water partition coefficient (Wildman–Crippen LogP) is 2.61. The zero-order valence-corrected chi connectivity index (χ0v) is 13.3. The van der Waals surface area contributed by atoms with Crippen LogP contribution in [0.15, 0.2) is 54.7 Å². The van der Waals surface area contributed by atoms with Crippen molar-refractivity contribution in [1.82, 2.24) is 10.5 Å². The van der Waals surface area contributed by atoms with Gasteiger partial charge < -0.3 is 10.1 Å². The quantitative estimate of drug-likeness (QED) is 0.502. The normalized spacial score (nSPS) is 10.3. The molecule has 126 valence electrons. The number of nitrogens with zero attached hydrogens (tertiary/aromatic N) is 1. The fourth-order valence-corrected chi connectivity index (χ4v) is 2.34. The van der Waals surface area contributed by atoms with Crippen LogP contribution in [0.5, 0.6) is 5.75 Å². The monoisotopic (exact) mass is 337 g/mol. The lowest BCUT2D eigenvalue weighted by molar-refractivity contribution is 0.0706. The lowest BCUT2D eigenvalue weighted by atomic mass is 10.1. The van der Waals surface area contributed by atoms with Gasteiger partial charge in [0.1, 0.15) is 5.75 Å². The maximum atomic E-state index is 12.3. The molecule has 25 heavy (non-hydrogen) atoms. The standard InChI is InChI=1S/C18H15N3O4/c1-25-15-5-2-11(3-6-15)17(22)20-14-4-7-16-12(9-14)8-13(10-19-16)18(23)21-24/h2-10,24H,1H3,(H,20,22)(H,21,23). The van der Waals surface area contributed by atoms with Crippen molar-refractivity contribution in [3.8, 4) is 5.75 Å². The number of aromatic nitrogens is 1. The summed E-state index contributed by atoms with van der Waals surface area (Å²) in [4.78, 5) is 27.9. The Kier molecular flexibility index (Phi) is 4.58. The van der Waals surface area contributed by atoms with Crippen LogP contribution >= 0.6 is 0 Å². The van der Waals surface area contributed by atoms with E-state index in [0.29, 0.717) is 27.9 Å². The number of anilines is 1. The van der Waals surface area contributed by atoms with Gasteiger partial charge in [-0.1, -0.05) is 0 Å². The van der Waals surface area contributed by atoms with Gasteiger partial charge in [-0.2, -0.15) is 0 Å². The van der Waals surface area contributed by atoms with E-state index < -0.39 is 5.91 Å². The number of pyridine rings is 1. The molecule has 0 saturated carbocycles. The van der Waals surface area contributed by atoms with Gasteiger partial charge in [0.2, 0.25) is 0 Å². The molecule has 0 unspecified atom stereocenters. The third-order valence-corrected chi connectivity index (χ3v) is 3.66. The smallest absolute Gasteiger partial charge is 0.276 e. The van der Waals surface area contributed by atoms with E-state index >= 15 is 0 Å². The lowest BCUT2D eigenvalue weighted by Gasteiger charge is -2.08. The zero-order valence-electron chi connectivity index (χ0n) is 13.3. The number of fused-ring (bicyclic) bond motifs is 1. The molecular formula is C18H15N3O4.